The Morgan fingerprint density at radius 3 is 2.17 bits per heavy atom. The highest BCUT2D eigenvalue weighted by Gasteiger charge is 1.97. The van der Waals surface area contributed by atoms with Crippen molar-refractivity contribution in [1.29, 1.82) is 0 Å². The maximum absolute atomic E-state index is 5.78. The fraction of sp³-hybridized carbons (Fsp3) is 0.0769. The Morgan fingerprint density at radius 1 is 0.889 bits per heavy atom. The first-order valence-electron chi connectivity index (χ1n) is 5.28. The largest absolute Gasteiger partial charge is 0.399 e. The van der Waals surface area contributed by atoms with E-state index in [9.17, 15) is 0 Å². The SMILES string of the molecule is Cc1ccc(N=Nc2ccc(N)cc2N)cc1.Cl. The highest BCUT2D eigenvalue weighted by molar-refractivity contribution is 5.85. The molecule has 0 unspecified atom stereocenters. The quantitative estimate of drug-likeness (QED) is 0.634. The molecule has 0 aliphatic rings. The number of nitrogen functional groups attached to an aromatic ring is 2. The summed E-state index contributed by atoms with van der Waals surface area (Å²) in [5, 5.41) is 8.20. The van der Waals surface area contributed by atoms with E-state index in [4.69, 9.17) is 11.5 Å². The van der Waals surface area contributed by atoms with Crippen LogP contribution in [0.5, 0.6) is 0 Å². The van der Waals surface area contributed by atoms with Crippen LogP contribution >= 0.6 is 12.4 Å². The van der Waals surface area contributed by atoms with Crippen LogP contribution in [0.4, 0.5) is 22.7 Å². The predicted molar refractivity (Wildman–Crippen MR) is 77.9 cm³/mol. The van der Waals surface area contributed by atoms with Crippen LogP contribution < -0.4 is 11.5 Å². The van der Waals surface area contributed by atoms with E-state index in [2.05, 4.69) is 10.2 Å². The number of azo groups is 1. The highest BCUT2D eigenvalue weighted by Crippen LogP contribution is 2.26. The Balaban J connectivity index is 0.00000162. The van der Waals surface area contributed by atoms with Gasteiger partial charge in [-0.1, -0.05) is 17.7 Å². The average Bonchev–Trinajstić information content (AvgIpc) is 2.30. The molecule has 4 N–H and O–H groups in total. The molecule has 0 amide bonds. The van der Waals surface area contributed by atoms with Crippen LogP contribution in [0.25, 0.3) is 0 Å². The summed E-state index contributed by atoms with van der Waals surface area (Å²) >= 11 is 0. The van der Waals surface area contributed by atoms with Crippen LogP contribution in [-0.4, -0.2) is 0 Å². The molecule has 18 heavy (non-hydrogen) atoms. The topological polar surface area (TPSA) is 76.8 Å². The number of nitrogens with zero attached hydrogens (tertiary/aromatic N) is 2. The average molecular weight is 263 g/mol. The minimum absolute atomic E-state index is 0. The lowest BCUT2D eigenvalue weighted by atomic mass is 10.2. The zero-order chi connectivity index (χ0) is 12.3. The first-order valence-corrected chi connectivity index (χ1v) is 5.28. The second-order valence-electron chi connectivity index (χ2n) is 3.85. The summed E-state index contributed by atoms with van der Waals surface area (Å²) in [6, 6.07) is 13.0. The van der Waals surface area contributed by atoms with Crippen LogP contribution in [0.1, 0.15) is 5.56 Å². The van der Waals surface area contributed by atoms with E-state index in [1.807, 2.05) is 31.2 Å². The summed E-state index contributed by atoms with van der Waals surface area (Å²) in [6.45, 7) is 2.03. The third kappa shape index (κ3) is 3.46. The van der Waals surface area contributed by atoms with Gasteiger partial charge in [-0.05, 0) is 37.3 Å². The van der Waals surface area contributed by atoms with Gasteiger partial charge in [0.15, 0.2) is 0 Å². The Morgan fingerprint density at radius 2 is 1.56 bits per heavy atom. The molecular formula is C13H15ClN4. The monoisotopic (exact) mass is 262 g/mol. The van der Waals surface area contributed by atoms with E-state index in [-0.39, 0.29) is 12.4 Å². The molecule has 94 valence electrons. The van der Waals surface area contributed by atoms with Crippen LogP contribution in [0, 0.1) is 6.92 Å². The summed E-state index contributed by atoms with van der Waals surface area (Å²) in [5.74, 6) is 0. The van der Waals surface area contributed by atoms with Crippen LogP contribution in [0.15, 0.2) is 52.7 Å². The molecular weight excluding hydrogens is 248 g/mol. The van der Waals surface area contributed by atoms with Gasteiger partial charge in [0, 0.05) is 5.69 Å². The zero-order valence-electron chi connectivity index (χ0n) is 10.00. The fourth-order valence-corrected chi connectivity index (χ4v) is 1.39. The second kappa shape index (κ2) is 6.02. The first kappa shape index (κ1) is 14.0. The molecule has 0 atom stereocenters. The van der Waals surface area contributed by atoms with Crippen LogP contribution in [0.2, 0.25) is 0 Å². The number of rotatable bonds is 2. The lowest BCUT2D eigenvalue weighted by Gasteiger charge is -2.00. The molecule has 0 saturated carbocycles. The summed E-state index contributed by atoms with van der Waals surface area (Å²) in [6.07, 6.45) is 0. The molecule has 4 nitrogen and oxygen atoms in total. The third-order valence-electron chi connectivity index (χ3n) is 2.36. The van der Waals surface area contributed by atoms with Crippen LogP contribution in [-0.2, 0) is 0 Å². The minimum atomic E-state index is 0. The van der Waals surface area contributed by atoms with Gasteiger partial charge in [-0.3, -0.25) is 0 Å². The van der Waals surface area contributed by atoms with Crippen molar-refractivity contribution in [3.05, 3.63) is 48.0 Å². The van der Waals surface area contributed by atoms with E-state index in [0.717, 1.165) is 5.69 Å². The van der Waals surface area contributed by atoms with Gasteiger partial charge in [0.1, 0.15) is 5.69 Å². The van der Waals surface area contributed by atoms with Crippen molar-refractivity contribution in [3.63, 3.8) is 0 Å². The lowest BCUT2D eigenvalue weighted by Crippen LogP contribution is -1.89. The van der Waals surface area contributed by atoms with Crippen molar-refractivity contribution in [3.8, 4) is 0 Å². The summed E-state index contributed by atoms with van der Waals surface area (Å²) in [7, 11) is 0. The molecule has 0 aromatic heterocycles. The smallest absolute Gasteiger partial charge is 0.109 e. The number of nitrogens with two attached hydrogens (primary N) is 2. The van der Waals surface area contributed by atoms with E-state index < -0.39 is 0 Å². The lowest BCUT2D eigenvalue weighted by molar-refractivity contribution is 1.23. The van der Waals surface area contributed by atoms with Gasteiger partial charge in [-0.2, -0.15) is 5.11 Å². The Bertz CT molecular complexity index is 549. The second-order valence-corrected chi connectivity index (χ2v) is 3.85. The Kier molecular flexibility index (Phi) is 4.68. The maximum Gasteiger partial charge on any atom is 0.109 e. The van der Waals surface area contributed by atoms with Crippen molar-refractivity contribution in [2.24, 2.45) is 10.2 Å². The Hall–Kier alpha value is -2.07. The van der Waals surface area contributed by atoms with Crippen molar-refractivity contribution in [2.75, 3.05) is 11.5 Å². The first-order chi connectivity index (χ1) is 8.15. The van der Waals surface area contributed by atoms with E-state index in [0.29, 0.717) is 17.1 Å². The molecule has 0 aliphatic carbocycles. The standard InChI is InChI=1S/C13H14N4.ClH/c1-9-2-5-11(6-3-9)16-17-13-7-4-10(14)8-12(13)15;/h2-8H,14-15H2,1H3;1H. The number of aryl methyl sites for hydroxylation is 1. The van der Waals surface area contributed by atoms with Gasteiger partial charge in [0.05, 0.1) is 11.4 Å². The molecule has 2 rings (SSSR count). The molecule has 0 bridgehead atoms. The van der Waals surface area contributed by atoms with Gasteiger partial charge in [-0.25, -0.2) is 0 Å². The summed E-state index contributed by atoms with van der Waals surface area (Å²) in [5.41, 5.74) is 15.1. The molecule has 0 spiro atoms. The van der Waals surface area contributed by atoms with Crippen molar-refractivity contribution < 1.29 is 0 Å². The van der Waals surface area contributed by atoms with Crippen molar-refractivity contribution >= 4 is 35.2 Å². The van der Waals surface area contributed by atoms with Gasteiger partial charge in [-0.15, -0.1) is 17.5 Å². The number of hydrogen-bond acceptors (Lipinski definition) is 4. The summed E-state index contributed by atoms with van der Waals surface area (Å²) in [4.78, 5) is 0. The van der Waals surface area contributed by atoms with Gasteiger partial charge >= 0.3 is 0 Å². The number of anilines is 2. The molecule has 0 heterocycles. The van der Waals surface area contributed by atoms with Crippen LogP contribution in [0.3, 0.4) is 0 Å². The molecule has 0 saturated heterocycles. The molecule has 0 fully saturated rings. The third-order valence-corrected chi connectivity index (χ3v) is 2.36. The normalized spacial score (nSPS) is 10.3. The molecule has 0 aliphatic heterocycles. The highest BCUT2D eigenvalue weighted by atomic mass is 35.5. The molecule has 5 heteroatoms. The van der Waals surface area contributed by atoms with E-state index >= 15 is 0 Å². The summed E-state index contributed by atoms with van der Waals surface area (Å²) < 4.78 is 0. The minimum Gasteiger partial charge on any atom is -0.399 e. The predicted octanol–water partition coefficient (Wildman–Crippen LogP) is 4.00. The van der Waals surface area contributed by atoms with Crippen molar-refractivity contribution in [2.45, 2.75) is 6.92 Å². The number of hydrogen-bond donors (Lipinski definition) is 2. The van der Waals surface area contributed by atoms with E-state index in [1.54, 1.807) is 18.2 Å². The van der Waals surface area contributed by atoms with Gasteiger partial charge in [0.25, 0.3) is 0 Å². The number of benzene rings is 2. The van der Waals surface area contributed by atoms with Gasteiger partial charge in [0.2, 0.25) is 0 Å². The molecule has 2 aromatic rings. The molecule has 0 radical (unpaired) electrons. The molecule has 2 aromatic carbocycles. The van der Waals surface area contributed by atoms with Gasteiger partial charge < -0.3 is 11.5 Å². The fourth-order valence-electron chi connectivity index (χ4n) is 1.39. The maximum atomic E-state index is 5.78. The van der Waals surface area contributed by atoms with E-state index in [1.165, 1.54) is 5.56 Å². The van der Waals surface area contributed by atoms with Crippen molar-refractivity contribution in [1.82, 2.24) is 0 Å². The Labute approximate surface area is 112 Å². The zero-order valence-corrected chi connectivity index (χ0v) is 10.8. The number of halogens is 1.